The van der Waals surface area contributed by atoms with E-state index in [9.17, 15) is 9.59 Å². The minimum Gasteiger partial charge on any atom is -0.493 e. The van der Waals surface area contributed by atoms with Crippen LogP contribution in [0.25, 0.3) is 98.6 Å². The van der Waals surface area contributed by atoms with Crippen molar-refractivity contribution in [3.8, 4) is 34.4 Å². The van der Waals surface area contributed by atoms with Gasteiger partial charge < -0.3 is 46.7 Å². The summed E-state index contributed by atoms with van der Waals surface area (Å²) in [6.45, 7) is 5.94. The molecule has 0 aliphatic carbocycles. The van der Waals surface area contributed by atoms with Gasteiger partial charge in [0.2, 0.25) is 0 Å². The number of unbranched alkanes of at least 4 members (excludes halogenated alkanes) is 12. The Balaban J connectivity index is 0.529. The summed E-state index contributed by atoms with van der Waals surface area (Å²) in [5, 5.41) is 10.4. The van der Waals surface area contributed by atoms with E-state index in [1.54, 1.807) is 36.7 Å². The average molecular weight is 1490 g/mol. The molecular weight excluding hydrogens is 1390 g/mol. The maximum atomic E-state index is 14.0. The Morgan fingerprint density at radius 2 is 0.473 bits per heavy atom. The quantitative estimate of drug-likeness (QED) is 0.0271. The fourth-order valence-corrected chi connectivity index (χ4v) is 16.3. The van der Waals surface area contributed by atoms with Gasteiger partial charge in [0, 0.05) is 138 Å². The molecule has 0 spiro atoms. The predicted octanol–water partition coefficient (Wildman–Crippen LogP) is 23.8. The number of aryl methyl sites for hydroxylation is 4. The Bertz CT molecular complexity index is 5060. The maximum Gasteiger partial charge on any atom is 0.338 e. The molecule has 0 bridgehead atoms. The molecule has 0 fully saturated rings. The number of ether oxygens (including phenoxy) is 6. The number of esters is 2. The minimum absolute atomic E-state index is 0.0182. The molecule has 112 heavy (non-hydrogen) atoms. The highest BCUT2D eigenvalue weighted by atomic mass is 16.5. The molecule has 566 valence electrons. The maximum absolute atomic E-state index is 14.0. The van der Waals surface area contributed by atoms with Gasteiger partial charge in [0.25, 0.3) is 0 Å². The first-order valence-corrected chi connectivity index (χ1v) is 40.3. The monoisotopic (exact) mass is 1480 g/mol. The molecule has 6 heterocycles. The van der Waals surface area contributed by atoms with Gasteiger partial charge >= 0.3 is 11.9 Å². The zero-order valence-electron chi connectivity index (χ0n) is 63.7. The lowest BCUT2D eigenvalue weighted by atomic mass is 10.1. The molecule has 0 saturated heterocycles. The molecule has 0 saturated carbocycles. The number of aromatic nitrogens is 6. The zero-order valence-corrected chi connectivity index (χ0v) is 63.7. The molecule has 0 amide bonds. The third-order valence-electron chi connectivity index (χ3n) is 21.8. The second-order valence-electron chi connectivity index (χ2n) is 29.4. The summed E-state index contributed by atoms with van der Waals surface area (Å²) in [5.41, 5.74) is 13.1. The van der Waals surface area contributed by atoms with Crippen molar-refractivity contribution >= 4 is 99.2 Å². The lowest BCUT2D eigenvalue weighted by Gasteiger charge is -2.14. The van der Waals surface area contributed by atoms with Crippen LogP contribution in [-0.2, 0) is 48.9 Å². The molecule has 14 heteroatoms. The van der Waals surface area contributed by atoms with Gasteiger partial charge in [0.1, 0.15) is 36.2 Å². The van der Waals surface area contributed by atoms with Crippen LogP contribution in [-0.4, -0.2) is 66.6 Å². The standard InChI is InChI=1S/C98H96N6O8/c105-97(111-69-71-61-75(107-57-29-5-1-25-53-101-89-41-17-9-33-79(89)80-34-10-18-42-90(80)101)67-76(62-71)108-58-30-6-2-26-54-102-91-43-19-11-35-81(91)82-36-12-20-44-92(82)102)73-49-51-99-87(65-73)88-66-74(50-52-100-88)98(106)112-70-72-63-77(109-59-31-7-3-27-55-103-93-45-21-13-37-83(93)84-38-14-22-46-94(84)103)68-78(64-72)110-60-32-8-4-28-56-104-95-47-23-15-39-85(95)86-40-16-24-48-96(86)104/h9-24,33-52,61-68H,1-8,25-32,53-60,69-70H2. The van der Waals surface area contributed by atoms with E-state index in [4.69, 9.17) is 28.4 Å². The molecule has 16 aromatic rings. The number of hydrogen-bond donors (Lipinski definition) is 0. The highest BCUT2D eigenvalue weighted by Gasteiger charge is 2.19. The van der Waals surface area contributed by atoms with Crippen molar-refractivity contribution in [2.45, 2.75) is 142 Å². The van der Waals surface area contributed by atoms with Gasteiger partial charge in [0.05, 0.1) is 48.9 Å². The zero-order chi connectivity index (χ0) is 75.6. The van der Waals surface area contributed by atoms with E-state index in [-0.39, 0.29) is 24.3 Å². The fourth-order valence-electron chi connectivity index (χ4n) is 16.3. The second-order valence-corrected chi connectivity index (χ2v) is 29.4. The van der Waals surface area contributed by atoms with Crippen molar-refractivity contribution in [2.75, 3.05) is 26.4 Å². The van der Waals surface area contributed by atoms with Crippen LogP contribution in [0, 0.1) is 0 Å². The first kappa shape index (κ1) is 74.0. The van der Waals surface area contributed by atoms with Crippen LogP contribution in [0.5, 0.6) is 23.0 Å². The average Bonchev–Trinajstić information content (AvgIpc) is 1.64. The summed E-state index contributed by atoms with van der Waals surface area (Å²) in [7, 11) is 0. The summed E-state index contributed by atoms with van der Waals surface area (Å²) >= 11 is 0. The number of para-hydroxylation sites is 8. The third-order valence-corrected chi connectivity index (χ3v) is 21.8. The SMILES string of the molecule is O=C(OCc1cc(OCCCCCCn2c3ccccc3c3ccccc32)cc(OCCCCCCn2c3ccccc3c3ccccc32)c1)c1ccnc(-c2cc(C(=O)OCc3cc(OCCCCCCn4c5ccccc5c5ccccc54)cc(OCCCCCCn4c5ccccc5c5ccccc54)c3)ccn2)c1. The number of hydrogen-bond acceptors (Lipinski definition) is 10. The van der Waals surface area contributed by atoms with Crippen LogP contribution >= 0.6 is 0 Å². The van der Waals surface area contributed by atoms with Crippen molar-refractivity contribution < 1.29 is 38.0 Å². The van der Waals surface area contributed by atoms with Crippen molar-refractivity contribution in [3.05, 3.63) is 289 Å². The molecule has 0 N–H and O–H groups in total. The summed E-state index contributed by atoms with van der Waals surface area (Å²) in [5.74, 6) is 1.58. The summed E-state index contributed by atoms with van der Waals surface area (Å²) in [4.78, 5) is 37.2. The molecular formula is C98H96N6O8. The normalized spacial score (nSPS) is 11.7. The Morgan fingerprint density at radius 1 is 0.250 bits per heavy atom. The number of pyridine rings is 2. The summed E-state index contributed by atoms with van der Waals surface area (Å²) in [6, 6.07) is 87.5. The number of fused-ring (bicyclic) bond motifs is 12. The van der Waals surface area contributed by atoms with Crippen LogP contribution in [0.4, 0.5) is 0 Å². The number of carbonyl (C=O) groups is 2. The summed E-state index contributed by atoms with van der Waals surface area (Å²) < 4.78 is 47.7. The number of carbonyl (C=O) groups excluding carboxylic acids is 2. The molecule has 0 atom stereocenters. The molecule has 14 nitrogen and oxygen atoms in total. The Labute approximate surface area is 654 Å². The van der Waals surface area contributed by atoms with Crippen LogP contribution in [0.3, 0.4) is 0 Å². The van der Waals surface area contributed by atoms with E-state index in [2.05, 4.69) is 222 Å². The summed E-state index contributed by atoms with van der Waals surface area (Å²) in [6.07, 6.45) is 19.3. The molecule has 0 aliphatic rings. The predicted molar refractivity (Wildman–Crippen MR) is 452 cm³/mol. The Kier molecular flexibility index (Phi) is 23.9. The molecule has 16 rings (SSSR count). The van der Waals surface area contributed by atoms with Crippen LogP contribution in [0.15, 0.2) is 267 Å². The van der Waals surface area contributed by atoms with E-state index in [0.29, 0.717) is 60.8 Å². The van der Waals surface area contributed by atoms with E-state index in [0.717, 1.165) is 140 Å². The first-order chi connectivity index (χ1) is 55.4. The molecule has 0 aliphatic heterocycles. The van der Waals surface area contributed by atoms with Gasteiger partial charge in [-0.15, -0.1) is 0 Å². The van der Waals surface area contributed by atoms with Gasteiger partial charge in [-0.25, -0.2) is 9.59 Å². The van der Waals surface area contributed by atoms with Gasteiger partial charge in [-0.2, -0.15) is 0 Å². The van der Waals surface area contributed by atoms with E-state index in [1.807, 2.05) is 36.4 Å². The number of nitrogens with zero attached hydrogens (tertiary/aromatic N) is 6. The highest BCUT2D eigenvalue weighted by molar-refractivity contribution is 6.11. The molecule has 6 aromatic heterocycles. The third kappa shape index (κ3) is 17.4. The van der Waals surface area contributed by atoms with E-state index < -0.39 is 11.9 Å². The minimum atomic E-state index is -0.540. The van der Waals surface area contributed by atoms with Crippen LogP contribution < -0.4 is 18.9 Å². The lowest BCUT2D eigenvalue weighted by Crippen LogP contribution is -2.08. The van der Waals surface area contributed by atoms with Crippen LogP contribution in [0.2, 0.25) is 0 Å². The molecule has 0 unspecified atom stereocenters. The lowest BCUT2D eigenvalue weighted by molar-refractivity contribution is 0.0463. The second kappa shape index (κ2) is 36.1. The fraction of sp³-hybridized carbons (Fsp3) is 0.265. The smallest absolute Gasteiger partial charge is 0.338 e. The Hall–Kier alpha value is -12.2. The van der Waals surface area contributed by atoms with Gasteiger partial charge in [0.15, 0.2) is 0 Å². The van der Waals surface area contributed by atoms with Crippen molar-refractivity contribution in [1.82, 2.24) is 28.2 Å². The molecule has 10 aromatic carbocycles. The van der Waals surface area contributed by atoms with E-state index >= 15 is 0 Å². The van der Waals surface area contributed by atoms with Crippen molar-refractivity contribution in [3.63, 3.8) is 0 Å². The van der Waals surface area contributed by atoms with Crippen LogP contribution in [0.1, 0.15) is 135 Å². The Morgan fingerprint density at radius 3 is 0.714 bits per heavy atom. The van der Waals surface area contributed by atoms with Crippen molar-refractivity contribution in [2.24, 2.45) is 0 Å². The molecule has 0 radical (unpaired) electrons. The number of benzene rings is 10. The van der Waals surface area contributed by atoms with Gasteiger partial charge in [-0.3, -0.25) is 9.97 Å². The highest BCUT2D eigenvalue weighted by Crippen LogP contribution is 2.35. The van der Waals surface area contributed by atoms with E-state index in [1.165, 1.54) is 87.2 Å². The van der Waals surface area contributed by atoms with Gasteiger partial charge in [-0.05, 0) is 160 Å². The topological polar surface area (TPSA) is 135 Å². The first-order valence-electron chi connectivity index (χ1n) is 40.3. The largest absolute Gasteiger partial charge is 0.493 e. The number of rotatable bonds is 39. The van der Waals surface area contributed by atoms with Crippen molar-refractivity contribution in [1.29, 1.82) is 0 Å². The van der Waals surface area contributed by atoms with Gasteiger partial charge in [-0.1, -0.05) is 197 Å².